The molecule has 0 bridgehead atoms. The highest BCUT2D eigenvalue weighted by atomic mass is 19.4. The number of benzene rings is 1. The number of fused-ring (bicyclic) bond motifs is 1. The molecule has 1 amide bonds. The van der Waals surface area contributed by atoms with Gasteiger partial charge in [0.2, 0.25) is 0 Å². The predicted octanol–water partition coefficient (Wildman–Crippen LogP) is 2.48. The minimum Gasteiger partial charge on any atom is -0.335 e. The molecule has 0 aliphatic rings. The Morgan fingerprint density at radius 3 is 2.72 bits per heavy atom. The number of hydroxylamine groups is 1. The van der Waals surface area contributed by atoms with E-state index < -0.39 is 29.4 Å². The minimum absolute atomic E-state index is 0.119. The maximum atomic E-state index is 12.6. The molecule has 0 saturated heterocycles. The van der Waals surface area contributed by atoms with Gasteiger partial charge in [0.25, 0.3) is 0 Å². The van der Waals surface area contributed by atoms with Crippen molar-refractivity contribution >= 4 is 22.8 Å². The van der Waals surface area contributed by atoms with Gasteiger partial charge in [-0.05, 0) is 24.3 Å². The van der Waals surface area contributed by atoms with Gasteiger partial charge in [-0.15, -0.1) is 0 Å². The molecule has 2 aromatic heterocycles. The summed E-state index contributed by atoms with van der Waals surface area (Å²) in [5.74, 6) is -1.97. The van der Waals surface area contributed by atoms with Crippen LogP contribution < -0.4 is 5.48 Å². The van der Waals surface area contributed by atoms with Gasteiger partial charge >= 0.3 is 18.1 Å². The van der Waals surface area contributed by atoms with Crippen molar-refractivity contribution < 1.29 is 27.6 Å². The lowest BCUT2D eigenvalue weighted by molar-refractivity contribution is -0.141. The first-order chi connectivity index (χ1) is 11.8. The first-order valence-corrected chi connectivity index (χ1v) is 6.83. The van der Waals surface area contributed by atoms with Gasteiger partial charge in [0.05, 0.1) is 17.3 Å². The third-order valence-electron chi connectivity index (χ3n) is 3.19. The summed E-state index contributed by atoms with van der Waals surface area (Å²) in [5.41, 5.74) is 0.715. The highest BCUT2D eigenvalue weighted by Gasteiger charge is 2.33. The van der Waals surface area contributed by atoms with Crippen LogP contribution in [0.2, 0.25) is 0 Å². The molecule has 0 radical (unpaired) electrons. The number of aromatic nitrogens is 3. The van der Waals surface area contributed by atoms with E-state index in [0.717, 1.165) is 23.6 Å². The van der Waals surface area contributed by atoms with Gasteiger partial charge in [-0.2, -0.15) is 23.8 Å². The number of H-pyrrole nitrogens is 1. The molecule has 2 heterocycles. The first kappa shape index (κ1) is 16.4. The number of hydrogen-bond acceptors (Lipinski definition) is 5. The molecule has 3 rings (SSSR count). The number of carbonyl (C=O) groups is 2. The Hall–Kier alpha value is -3.43. The van der Waals surface area contributed by atoms with Crippen molar-refractivity contribution in [1.82, 2.24) is 20.7 Å². The number of halogens is 3. The molecule has 0 aliphatic heterocycles. The van der Waals surface area contributed by atoms with Crippen molar-refractivity contribution in [3.8, 4) is 0 Å². The Kier molecular flexibility index (Phi) is 4.09. The molecule has 2 N–H and O–H groups in total. The highest BCUT2D eigenvalue weighted by Crippen LogP contribution is 2.27. The van der Waals surface area contributed by atoms with Crippen molar-refractivity contribution in [2.45, 2.75) is 6.18 Å². The number of pyridine rings is 1. The summed E-state index contributed by atoms with van der Waals surface area (Å²) >= 11 is 0. The van der Waals surface area contributed by atoms with E-state index in [1.54, 1.807) is 17.7 Å². The largest absolute Gasteiger partial charge is 0.433 e. The number of hydrogen-bond donors (Lipinski definition) is 2. The smallest absolute Gasteiger partial charge is 0.335 e. The van der Waals surface area contributed by atoms with Crippen molar-refractivity contribution in [2.24, 2.45) is 0 Å². The lowest BCUT2D eigenvalue weighted by Crippen LogP contribution is -2.28. The van der Waals surface area contributed by atoms with Crippen LogP contribution in [0, 0.1) is 0 Å². The van der Waals surface area contributed by atoms with Crippen LogP contribution in [0.15, 0.2) is 42.6 Å². The molecule has 0 saturated carbocycles. The van der Waals surface area contributed by atoms with Gasteiger partial charge in [-0.1, -0.05) is 12.1 Å². The van der Waals surface area contributed by atoms with E-state index in [1.807, 2.05) is 0 Å². The van der Waals surface area contributed by atoms with Gasteiger partial charge in [0.15, 0.2) is 0 Å². The average molecular weight is 350 g/mol. The molecule has 1 aromatic carbocycles. The van der Waals surface area contributed by atoms with Gasteiger partial charge in [-0.3, -0.25) is 9.89 Å². The molecular formula is C15H9F3N4O3. The van der Waals surface area contributed by atoms with Crippen molar-refractivity contribution in [1.29, 1.82) is 0 Å². The fraction of sp³-hybridized carbons (Fsp3) is 0.0667. The topological polar surface area (TPSA) is 97.0 Å². The number of nitrogens with one attached hydrogen (secondary N) is 2. The molecular weight excluding hydrogens is 341 g/mol. The molecule has 0 spiro atoms. The maximum absolute atomic E-state index is 12.6. The predicted molar refractivity (Wildman–Crippen MR) is 78.2 cm³/mol. The molecule has 25 heavy (non-hydrogen) atoms. The summed E-state index contributed by atoms with van der Waals surface area (Å²) in [6, 6.07) is 7.34. The summed E-state index contributed by atoms with van der Waals surface area (Å²) in [4.78, 5) is 31.5. The van der Waals surface area contributed by atoms with Crippen LogP contribution in [-0.4, -0.2) is 27.1 Å². The number of carbonyl (C=O) groups excluding carboxylic acids is 2. The van der Waals surface area contributed by atoms with E-state index in [1.165, 1.54) is 12.1 Å². The van der Waals surface area contributed by atoms with Crippen LogP contribution in [0.4, 0.5) is 13.2 Å². The zero-order chi connectivity index (χ0) is 18.0. The van der Waals surface area contributed by atoms with Crippen LogP contribution in [0.25, 0.3) is 10.9 Å². The summed E-state index contributed by atoms with van der Waals surface area (Å²) in [6.07, 6.45) is -3.13. The number of amides is 1. The quantitative estimate of drug-likeness (QED) is 0.692. The molecule has 10 heteroatoms. The monoisotopic (exact) mass is 350 g/mol. The Bertz CT molecular complexity index is 952. The van der Waals surface area contributed by atoms with Crippen LogP contribution in [0.1, 0.15) is 26.5 Å². The second-order valence-electron chi connectivity index (χ2n) is 4.90. The van der Waals surface area contributed by atoms with Crippen LogP contribution in [0.3, 0.4) is 0 Å². The second kappa shape index (κ2) is 6.23. The number of rotatable bonds is 2. The summed E-state index contributed by atoms with van der Waals surface area (Å²) in [6.45, 7) is 0. The maximum Gasteiger partial charge on any atom is 0.433 e. The summed E-state index contributed by atoms with van der Waals surface area (Å²) < 4.78 is 37.7. The van der Waals surface area contributed by atoms with Gasteiger partial charge in [-0.25, -0.2) is 9.78 Å². The average Bonchev–Trinajstić information content (AvgIpc) is 3.06. The van der Waals surface area contributed by atoms with Crippen molar-refractivity contribution in [2.75, 3.05) is 0 Å². The lowest BCUT2D eigenvalue weighted by atomic mass is 10.2. The van der Waals surface area contributed by atoms with E-state index >= 15 is 0 Å². The second-order valence-corrected chi connectivity index (χ2v) is 4.90. The fourth-order valence-corrected chi connectivity index (χ4v) is 1.99. The summed E-state index contributed by atoms with van der Waals surface area (Å²) in [7, 11) is 0. The molecule has 0 atom stereocenters. The van der Waals surface area contributed by atoms with Gasteiger partial charge in [0, 0.05) is 5.39 Å². The molecule has 128 valence electrons. The molecule has 3 aromatic rings. The molecule has 7 nitrogen and oxygen atoms in total. The van der Waals surface area contributed by atoms with E-state index in [2.05, 4.69) is 20.0 Å². The molecule has 0 fully saturated rings. The Balaban J connectivity index is 1.68. The van der Waals surface area contributed by atoms with Crippen molar-refractivity contribution in [3.63, 3.8) is 0 Å². The number of aromatic amines is 1. The van der Waals surface area contributed by atoms with Crippen molar-refractivity contribution in [3.05, 3.63) is 59.5 Å². The van der Waals surface area contributed by atoms with E-state index in [4.69, 9.17) is 0 Å². The third-order valence-corrected chi connectivity index (χ3v) is 3.19. The zero-order valence-electron chi connectivity index (χ0n) is 12.3. The summed E-state index contributed by atoms with van der Waals surface area (Å²) in [5, 5.41) is 7.23. The SMILES string of the molecule is O=C(ONC(=O)c1cccc(C(F)(F)F)n1)c1ccc2cn[nH]c2c1. The Morgan fingerprint density at radius 2 is 1.96 bits per heavy atom. The number of alkyl halides is 3. The van der Waals surface area contributed by atoms with Crippen LogP contribution in [0.5, 0.6) is 0 Å². The lowest BCUT2D eigenvalue weighted by Gasteiger charge is -2.08. The Morgan fingerprint density at radius 1 is 1.16 bits per heavy atom. The molecule has 0 unspecified atom stereocenters. The molecule has 0 aliphatic carbocycles. The normalized spacial score (nSPS) is 11.3. The van der Waals surface area contributed by atoms with E-state index in [9.17, 15) is 22.8 Å². The number of nitrogens with zero attached hydrogens (tertiary/aromatic N) is 2. The fourth-order valence-electron chi connectivity index (χ4n) is 1.99. The van der Waals surface area contributed by atoms with Gasteiger partial charge in [0.1, 0.15) is 11.4 Å². The van der Waals surface area contributed by atoms with Crippen LogP contribution in [-0.2, 0) is 11.0 Å². The standard InChI is InChI=1S/C15H9F3N4O3/c16-15(17,18)12-3-1-2-10(20-12)13(23)22-25-14(24)8-4-5-9-7-19-21-11(9)6-8/h1-7H,(H,19,21)(H,22,23). The zero-order valence-corrected chi connectivity index (χ0v) is 12.3. The van der Waals surface area contributed by atoms with E-state index in [-0.39, 0.29) is 5.56 Å². The Labute approximate surface area is 137 Å². The first-order valence-electron chi connectivity index (χ1n) is 6.83. The highest BCUT2D eigenvalue weighted by molar-refractivity contribution is 5.96. The third kappa shape index (κ3) is 3.57. The van der Waals surface area contributed by atoms with E-state index in [0.29, 0.717) is 5.52 Å². The minimum atomic E-state index is -4.69. The van der Waals surface area contributed by atoms with Crippen LogP contribution >= 0.6 is 0 Å². The van der Waals surface area contributed by atoms with Gasteiger partial charge < -0.3 is 4.84 Å².